The lowest BCUT2D eigenvalue weighted by molar-refractivity contribution is -0.384. The lowest BCUT2D eigenvalue weighted by Crippen LogP contribution is -2.24. The molecule has 0 N–H and O–H groups in total. The highest BCUT2D eigenvalue weighted by atomic mass is 16.7. The first-order valence-corrected chi connectivity index (χ1v) is 9.04. The summed E-state index contributed by atoms with van der Waals surface area (Å²) < 4.78 is 10.7. The summed E-state index contributed by atoms with van der Waals surface area (Å²) in [5.41, 5.74) is 1.96. The van der Waals surface area contributed by atoms with Crippen molar-refractivity contribution >= 4 is 17.5 Å². The van der Waals surface area contributed by atoms with Crippen molar-refractivity contribution in [3.05, 3.63) is 69.8 Å². The molecule has 7 heteroatoms. The summed E-state index contributed by atoms with van der Waals surface area (Å²) in [6.45, 7) is 1.77. The molecule has 0 saturated heterocycles. The van der Waals surface area contributed by atoms with Gasteiger partial charge in [-0.25, -0.2) is 0 Å². The van der Waals surface area contributed by atoms with Crippen molar-refractivity contribution < 1.29 is 19.2 Å². The Morgan fingerprint density at radius 2 is 1.89 bits per heavy atom. The van der Waals surface area contributed by atoms with Gasteiger partial charge in [-0.1, -0.05) is 12.1 Å². The third-order valence-electron chi connectivity index (χ3n) is 4.52. The predicted octanol–water partition coefficient (Wildman–Crippen LogP) is 3.47. The van der Waals surface area contributed by atoms with Gasteiger partial charge in [0, 0.05) is 31.6 Å². The molecule has 28 heavy (non-hydrogen) atoms. The van der Waals surface area contributed by atoms with Crippen LogP contribution in [-0.4, -0.2) is 42.5 Å². The smallest absolute Gasteiger partial charge is 0.269 e. The fourth-order valence-electron chi connectivity index (χ4n) is 2.81. The molecule has 0 saturated carbocycles. The van der Waals surface area contributed by atoms with Gasteiger partial charge in [0.05, 0.1) is 4.92 Å². The molecule has 2 aromatic carbocycles. The molecule has 0 fully saturated rings. The molecule has 0 aromatic heterocycles. The van der Waals surface area contributed by atoms with Crippen LogP contribution in [0.25, 0.3) is 6.08 Å². The Morgan fingerprint density at radius 1 is 1.14 bits per heavy atom. The minimum atomic E-state index is -0.446. The van der Waals surface area contributed by atoms with E-state index in [0.717, 1.165) is 30.0 Å². The SMILES string of the molecule is CN(CCC(=O)C=Cc1ccc([N+](=O)[O-])cc1)CCc1ccc2c(c1)OCO2. The zero-order valence-electron chi connectivity index (χ0n) is 15.7. The van der Waals surface area contributed by atoms with E-state index in [4.69, 9.17) is 9.47 Å². The quantitative estimate of drug-likeness (QED) is 0.375. The minimum absolute atomic E-state index is 0.0216. The maximum absolute atomic E-state index is 12.0. The molecule has 7 nitrogen and oxygen atoms in total. The Morgan fingerprint density at radius 3 is 2.64 bits per heavy atom. The van der Waals surface area contributed by atoms with Gasteiger partial charge in [-0.05, 0) is 54.9 Å². The number of hydrogen-bond acceptors (Lipinski definition) is 6. The zero-order valence-corrected chi connectivity index (χ0v) is 15.7. The summed E-state index contributed by atoms with van der Waals surface area (Å²) in [5.74, 6) is 1.59. The first kappa shape index (κ1) is 19.6. The molecule has 0 unspecified atom stereocenters. The molecule has 1 aliphatic heterocycles. The molecule has 2 aromatic rings. The molecule has 3 rings (SSSR count). The number of nitrogens with zero attached hydrogens (tertiary/aromatic N) is 2. The Bertz CT molecular complexity index is 877. The number of benzene rings is 2. The molecule has 0 amide bonds. The van der Waals surface area contributed by atoms with Crippen LogP contribution in [0, 0.1) is 10.1 Å². The summed E-state index contributed by atoms with van der Waals surface area (Å²) in [6, 6.07) is 12.0. The third-order valence-corrected chi connectivity index (χ3v) is 4.52. The molecule has 0 atom stereocenters. The normalized spacial score (nSPS) is 12.6. The number of ether oxygens (including phenoxy) is 2. The minimum Gasteiger partial charge on any atom is -0.454 e. The number of nitro benzene ring substituents is 1. The van der Waals surface area contributed by atoms with Crippen LogP contribution in [0.3, 0.4) is 0 Å². The Kier molecular flexibility index (Phi) is 6.39. The summed E-state index contributed by atoms with van der Waals surface area (Å²) in [7, 11) is 1.99. The number of ketones is 1. The van der Waals surface area contributed by atoms with E-state index < -0.39 is 4.92 Å². The van der Waals surface area contributed by atoms with Crippen molar-refractivity contribution in [1.82, 2.24) is 4.90 Å². The van der Waals surface area contributed by atoms with E-state index in [2.05, 4.69) is 4.90 Å². The van der Waals surface area contributed by atoms with Crippen LogP contribution >= 0.6 is 0 Å². The topological polar surface area (TPSA) is 81.9 Å². The highest BCUT2D eigenvalue weighted by Gasteiger charge is 2.13. The largest absolute Gasteiger partial charge is 0.454 e. The van der Waals surface area contributed by atoms with E-state index in [1.165, 1.54) is 23.8 Å². The van der Waals surface area contributed by atoms with Crippen LogP contribution in [0.15, 0.2) is 48.5 Å². The number of carbonyl (C=O) groups excluding carboxylic acids is 1. The lowest BCUT2D eigenvalue weighted by atomic mass is 10.1. The number of non-ortho nitro benzene ring substituents is 1. The van der Waals surface area contributed by atoms with Gasteiger partial charge in [0.1, 0.15) is 0 Å². The van der Waals surface area contributed by atoms with E-state index in [1.54, 1.807) is 18.2 Å². The Labute approximate surface area is 163 Å². The van der Waals surface area contributed by atoms with Crippen molar-refractivity contribution in [2.75, 3.05) is 26.9 Å². The fourth-order valence-corrected chi connectivity index (χ4v) is 2.81. The molecule has 146 valence electrons. The fraction of sp³-hybridized carbons (Fsp3) is 0.286. The van der Waals surface area contributed by atoms with Gasteiger partial charge in [-0.3, -0.25) is 14.9 Å². The Hall–Kier alpha value is -3.19. The second-order valence-corrected chi connectivity index (χ2v) is 6.64. The van der Waals surface area contributed by atoms with Crippen molar-refractivity contribution in [2.24, 2.45) is 0 Å². The van der Waals surface area contributed by atoms with Crippen molar-refractivity contribution in [3.63, 3.8) is 0 Å². The number of nitro groups is 1. The molecule has 0 spiro atoms. The molecule has 0 bridgehead atoms. The summed E-state index contributed by atoms with van der Waals surface area (Å²) in [6.07, 6.45) is 4.48. The van der Waals surface area contributed by atoms with Gasteiger partial charge in [-0.15, -0.1) is 0 Å². The van der Waals surface area contributed by atoms with Gasteiger partial charge in [0.15, 0.2) is 17.3 Å². The monoisotopic (exact) mass is 382 g/mol. The lowest BCUT2D eigenvalue weighted by Gasteiger charge is -2.15. The molecule has 0 radical (unpaired) electrons. The van der Waals surface area contributed by atoms with Crippen LogP contribution in [0.2, 0.25) is 0 Å². The number of hydrogen-bond donors (Lipinski definition) is 0. The van der Waals surface area contributed by atoms with Gasteiger partial charge in [0.2, 0.25) is 6.79 Å². The number of carbonyl (C=O) groups is 1. The van der Waals surface area contributed by atoms with Crippen LogP contribution in [0.4, 0.5) is 5.69 Å². The van der Waals surface area contributed by atoms with E-state index in [-0.39, 0.29) is 18.3 Å². The molecule has 0 aliphatic carbocycles. The average Bonchev–Trinajstić information content (AvgIpc) is 3.17. The predicted molar refractivity (Wildman–Crippen MR) is 106 cm³/mol. The van der Waals surface area contributed by atoms with Crippen molar-refractivity contribution in [3.8, 4) is 11.5 Å². The molecule has 1 heterocycles. The number of rotatable bonds is 9. The number of likely N-dealkylation sites (N-methyl/N-ethyl adjacent to an activating group) is 1. The van der Waals surface area contributed by atoms with Gasteiger partial charge in [-0.2, -0.15) is 0 Å². The maximum Gasteiger partial charge on any atom is 0.269 e. The van der Waals surface area contributed by atoms with E-state index in [1.807, 2.05) is 25.2 Å². The highest BCUT2D eigenvalue weighted by Crippen LogP contribution is 2.32. The second kappa shape index (κ2) is 9.14. The van der Waals surface area contributed by atoms with Gasteiger partial charge >= 0.3 is 0 Å². The zero-order chi connectivity index (χ0) is 19.9. The highest BCUT2D eigenvalue weighted by molar-refractivity contribution is 5.93. The van der Waals surface area contributed by atoms with Gasteiger partial charge < -0.3 is 14.4 Å². The van der Waals surface area contributed by atoms with E-state index in [9.17, 15) is 14.9 Å². The van der Waals surface area contributed by atoms with Gasteiger partial charge in [0.25, 0.3) is 5.69 Å². The summed E-state index contributed by atoms with van der Waals surface area (Å²) in [4.78, 5) is 24.4. The summed E-state index contributed by atoms with van der Waals surface area (Å²) in [5, 5.41) is 10.6. The van der Waals surface area contributed by atoms with Crippen molar-refractivity contribution in [1.29, 1.82) is 0 Å². The van der Waals surface area contributed by atoms with Crippen LogP contribution in [0.1, 0.15) is 17.5 Å². The number of fused-ring (bicyclic) bond motifs is 1. The molecular weight excluding hydrogens is 360 g/mol. The average molecular weight is 382 g/mol. The maximum atomic E-state index is 12.0. The first-order chi connectivity index (χ1) is 13.5. The number of allylic oxidation sites excluding steroid dienone is 1. The standard InChI is InChI=1S/C21H22N2O5/c1-22(12-10-17-5-9-20-21(14-17)28-15-27-20)13-11-19(24)8-4-16-2-6-18(7-3-16)23(25)26/h2-9,14H,10-13,15H2,1H3. The van der Waals surface area contributed by atoms with Crippen molar-refractivity contribution in [2.45, 2.75) is 12.8 Å². The van der Waals surface area contributed by atoms with Crippen LogP contribution in [0.5, 0.6) is 11.5 Å². The molecule has 1 aliphatic rings. The van der Waals surface area contributed by atoms with Crippen LogP contribution < -0.4 is 9.47 Å². The summed E-state index contributed by atoms with van der Waals surface area (Å²) >= 11 is 0. The first-order valence-electron chi connectivity index (χ1n) is 9.04. The van der Waals surface area contributed by atoms with E-state index >= 15 is 0 Å². The third kappa shape index (κ3) is 5.40. The van der Waals surface area contributed by atoms with Crippen LogP contribution in [-0.2, 0) is 11.2 Å². The molecular formula is C21H22N2O5. The van der Waals surface area contributed by atoms with E-state index in [0.29, 0.717) is 13.0 Å². The second-order valence-electron chi connectivity index (χ2n) is 6.64. The Balaban J connectivity index is 1.40.